The van der Waals surface area contributed by atoms with E-state index in [2.05, 4.69) is 16.0 Å². The van der Waals surface area contributed by atoms with Crippen molar-refractivity contribution in [1.82, 2.24) is 10.6 Å². The van der Waals surface area contributed by atoms with Crippen LogP contribution in [0.4, 0.5) is 21.0 Å². The number of rotatable bonds is 5. The zero-order chi connectivity index (χ0) is 22.0. The molecule has 1 aromatic carbocycles. The van der Waals surface area contributed by atoms with Crippen LogP contribution in [0.1, 0.15) is 41.0 Å². The van der Waals surface area contributed by atoms with Crippen molar-refractivity contribution in [3.63, 3.8) is 0 Å². The highest BCUT2D eigenvalue weighted by atomic mass is 16.6. The van der Waals surface area contributed by atoms with Crippen molar-refractivity contribution >= 4 is 23.5 Å². The van der Waals surface area contributed by atoms with Gasteiger partial charge < -0.3 is 25.4 Å². The number of nitro benzene ring substituents is 1. The van der Waals surface area contributed by atoms with Gasteiger partial charge in [-0.1, -0.05) is 13.8 Å². The Morgan fingerprint density at radius 2 is 1.83 bits per heavy atom. The van der Waals surface area contributed by atoms with Gasteiger partial charge in [-0.25, -0.2) is 9.59 Å². The molecule has 0 spiro atoms. The summed E-state index contributed by atoms with van der Waals surface area (Å²) in [5.74, 6) is 0.308. The number of hydrogen-bond donors (Lipinski definition) is 3. The fourth-order valence-corrected chi connectivity index (χ4v) is 3.09. The van der Waals surface area contributed by atoms with Crippen molar-refractivity contribution in [1.29, 1.82) is 0 Å². The molecule has 10 heteroatoms. The molecule has 1 aliphatic carbocycles. The molecule has 1 aliphatic rings. The van der Waals surface area contributed by atoms with Gasteiger partial charge >= 0.3 is 12.1 Å². The Morgan fingerprint density at radius 1 is 1.21 bits per heavy atom. The Morgan fingerprint density at radius 3 is 2.34 bits per heavy atom. The van der Waals surface area contributed by atoms with Crippen LogP contribution in [0.25, 0.3) is 0 Å². The highest BCUT2D eigenvalue weighted by Crippen LogP contribution is 2.41. The normalized spacial score (nSPS) is 20.1. The first-order valence-electron chi connectivity index (χ1n) is 9.23. The summed E-state index contributed by atoms with van der Waals surface area (Å²) in [5, 5.41) is 19.2. The Balaban J connectivity index is 1.96. The second kappa shape index (κ2) is 8.14. The Hall–Kier alpha value is -3.04. The number of nitrogens with zero attached hydrogens (tertiary/aromatic N) is 1. The van der Waals surface area contributed by atoms with Crippen molar-refractivity contribution in [2.45, 2.75) is 58.7 Å². The van der Waals surface area contributed by atoms with Gasteiger partial charge in [-0.15, -0.1) is 0 Å². The van der Waals surface area contributed by atoms with Gasteiger partial charge in [0.15, 0.2) is 0 Å². The third kappa shape index (κ3) is 5.49. The molecule has 1 saturated carbocycles. The highest BCUT2D eigenvalue weighted by Gasteiger charge is 2.50. The van der Waals surface area contributed by atoms with E-state index in [1.807, 2.05) is 13.8 Å². The number of carbonyl (C=O) groups is 2. The first-order valence-corrected chi connectivity index (χ1v) is 9.23. The maximum absolute atomic E-state index is 12.4. The number of methoxy groups -OCH3 is 1. The van der Waals surface area contributed by atoms with Gasteiger partial charge in [0.25, 0.3) is 5.69 Å². The van der Waals surface area contributed by atoms with Crippen LogP contribution < -0.4 is 20.7 Å². The van der Waals surface area contributed by atoms with Gasteiger partial charge in [-0.05, 0) is 33.3 Å². The summed E-state index contributed by atoms with van der Waals surface area (Å²) in [5.41, 5.74) is -0.958. The van der Waals surface area contributed by atoms with Gasteiger partial charge in [0.05, 0.1) is 17.7 Å². The number of ether oxygens (including phenoxy) is 2. The average Bonchev–Trinajstić information content (AvgIpc) is 2.59. The molecule has 0 aliphatic heterocycles. The summed E-state index contributed by atoms with van der Waals surface area (Å²) in [7, 11) is 1.41. The molecule has 160 valence electrons. The fourth-order valence-electron chi connectivity index (χ4n) is 3.09. The van der Waals surface area contributed by atoms with Crippen LogP contribution in [0.2, 0.25) is 0 Å². The lowest BCUT2D eigenvalue weighted by molar-refractivity contribution is -0.384. The molecule has 0 bridgehead atoms. The van der Waals surface area contributed by atoms with E-state index < -0.39 is 28.1 Å². The number of carbonyl (C=O) groups excluding carboxylic acids is 2. The van der Waals surface area contributed by atoms with Crippen molar-refractivity contribution in [2.75, 3.05) is 12.4 Å². The minimum absolute atomic E-state index is 0.157. The number of nitrogens with one attached hydrogen (secondary N) is 3. The van der Waals surface area contributed by atoms with E-state index in [4.69, 9.17) is 9.47 Å². The zero-order valence-corrected chi connectivity index (χ0v) is 17.5. The van der Waals surface area contributed by atoms with Crippen LogP contribution >= 0.6 is 0 Å². The van der Waals surface area contributed by atoms with E-state index >= 15 is 0 Å². The minimum Gasteiger partial charge on any atom is -0.495 e. The van der Waals surface area contributed by atoms with Crippen LogP contribution in [0, 0.1) is 15.5 Å². The van der Waals surface area contributed by atoms with Crippen molar-refractivity contribution < 1.29 is 24.0 Å². The number of nitro groups is 1. The lowest BCUT2D eigenvalue weighted by Gasteiger charge is -2.52. The molecule has 1 aromatic rings. The summed E-state index contributed by atoms with van der Waals surface area (Å²) >= 11 is 0. The van der Waals surface area contributed by atoms with Crippen molar-refractivity contribution in [3.05, 3.63) is 28.3 Å². The van der Waals surface area contributed by atoms with Crippen molar-refractivity contribution in [3.8, 4) is 5.75 Å². The van der Waals surface area contributed by atoms with E-state index in [0.717, 1.165) is 0 Å². The molecular weight excluding hydrogens is 380 g/mol. The second-order valence-corrected chi connectivity index (χ2v) is 8.55. The van der Waals surface area contributed by atoms with Gasteiger partial charge in [0, 0.05) is 29.6 Å². The minimum atomic E-state index is -0.590. The maximum Gasteiger partial charge on any atom is 0.407 e. The van der Waals surface area contributed by atoms with Crippen molar-refractivity contribution in [2.24, 2.45) is 5.41 Å². The van der Waals surface area contributed by atoms with Crippen LogP contribution in [-0.4, -0.2) is 41.8 Å². The average molecular weight is 408 g/mol. The predicted molar refractivity (Wildman–Crippen MR) is 107 cm³/mol. The first-order chi connectivity index (χ1) is 13.3. The monoisotopic (exact) mass is 408 g/mol. The van der Waals surface area contributed by atoms with Crippen LogP contribution in [0.3, 0.4) is 0 Å². The first kappa shape index (κ1) is 22.3. The van der Waals surface area contributed by atoms with Gasteiger partial charge in [-0.3, -0.25) is 10.1 Å². The van der Waals surface area contributed by atoms with Gasteiger partial charge in [0.2, 0.25) is 0 Å². The molecule has 0 aromatic heterocycles. The second-order valence-electron chi connectivity index (χ2n) is 8.55. The number of urea groups is 1. The third-order valence-corrected chi connectivity index (χ3v) is 4.91. The zero-order valence-electron chi connectivity index (χ0n) is 17.5. The van der Waals surface area contributed by atoms with Crippen LogP contribution in [0.5, 0.6) is 5.75 Å². The number of anilines is 1. The Bertz CT molecular complexity index is 802. The molecule has 3 N–H and O–H groups in total. The summed E-state index contributed by atoms with van der Waals surface area (Å²) in [6.45, 7) is 9.22. The Labute approximate surface area is 169 Å². The molecule has 0 saturated heterocycles. The molecule has 10 nitrogen and oxygen atoms in total. The largest absolute Gasteiger partial charge is 0.495 e. The van der Waals surface area contributed by atoms with E-state index in [0.29, 0.717) is 12.2 Å². The molecule has 2 unspecified atom stereocenters. The number of amides is 3. The van der Waals surface area contributed by atoms with E-state index in [1.165, 1.54) is 25.3 Å². The number of alkyl carbamates (subject to hydrolysis) is 1. The summed E-state index contributed by atoms with van der Waals surface area (Å²) in [6, 6.07) is 3.07. The predicted octanol–water partition coefficient (Wildman–Crippen LogP) is 3.42. The molecule has 3 amide bonds. The lowest BCUT2D eigenvalue weighted by atomic mass is 9.63. The number of non-ortho nitro benzene ring substituents is 1. The number of benzene rings is 1. The van der Waals surface area contributed by atoms with E-state index in [-0.39, 0.29) is 23.5 Å². The smallest absolute Gasteiger partial charge is 0.407 e. The molecule has 2 atom stereocenters. The van der Waals surface area contributed by atoms with Crippen LogP contribution in [-0.2, 0) is 4.74 Å². The highest BCUT2D eigenvalue weighted by molar-refractivity contribution is 5.91. The molecule has 0 radical (unpaired) electrons. The SMILES string of the molecule is COc1ccc([N+](=O)[O-])cc1NC(=O)NC1CC(NC(=O)OC(C)(C)C)C1(C)C. The van der Waals surface area contributed by atoms with E-state index in [1.54, 1.807) is 20.8 Å². The standard InChI is InChI=1S/C19H28N4O6/c1-18(2,3)29-17(25)22-15-10-14(19(15,4)5)21-16(24)20-12-9-11(23(26)27)7-8-13(12)28-6/h7-9,14-15H,10H2,1-6H3,(H,22,25)(H2,20,21,24). The topological polar surface area (TPSA) is 132 Å². The molecular formula is C19H28N4O6. The maximum atomic E-state index is 12.4. The van der Waals surface area contributed by atoms with Crippen LogP contribution in [0.15, 0.2) is 18.2 Å². The summed E-state index contributed by atoms with van der Waals surface area (Å²) in [4.78, 5) is 34.8. The Kier molecular flexibility index (Phi) is 6.24. The third-order valence-electron chi connectivity index (χ3n) is 4.91. The van der Waals surface area contributed by atoms with E-state index in [9.17, 15) is 19.7 Å². The molecule has 1 fully saturated rings. The molecule has 0 heterocycles. The number of hydrogen-bond acceptors (Lipinski definition) is 6. The molecule has 2 rings (SSSR count). The summed E-state index contributed by atoms with van der Waals surface area (Å²) in [6.07, 6.45) is 0.0333. The molecule has 29 heavy (non-hydrogen) atoms. The quantitative estimate of drug-likeness (QED) is 0.505. The lowest BCUT2D eigenvalue weighted by Crippen LogP contribution is -2.67. The fraction of sp³-hybridized carbons (Fsp3) is 0.579. The summed E-state index contributed by atoms with van der Waals surface area (Å²) < 4.78 is 10.4. The van der Waals surface area contributed by atoms with Gasteiger partial charge in [0.1, 0.15) is 11.4 Å². The van der Waals surface area contributed by atoms with Gasteiger partial charge in [-0.2, -0.15) is 0 Å².